The molecule has 0 aliphatic rings. The van der Waals surface area contributed by atoms with Crippen molar-refractivity contribution in [2.24, 2.45) is 0 Å². The van der Waals surface area contributed by atoms with E-state index < -0.39 is 0 Å². The van der Waals surface area contributed by atoms with Gasteiger partial charge in [0.05, 0.1) is 6.10 Å². The predicted molar refractivity (Wildman–Crippen MR) is 56.7 cm³/mol. The normalized spacial score (nSPS) is 12.6. The highest BCUT2D eigenvalue weighted by Gasteiger charge is 2.05. The third-order valence-electron chi connectivity index (χ3n) is 1.98. The Labute approximate surface area is 88.7 Å². The first-order chi connectivity index (χ1) is 6.65. The van der Waals surface area contributed by atoms with E-state index in [1.54, 1.807) is 7.11 Å². The number of aromatic nitrogens is 2. The van der Waals surface area contributed by atoms with Gasteiger partial charge >= 0.3 is 0 Å². The Bertz CT molecular complexity index is 306. The van der Waals surface area contributed by atoms with E-state index in [0.29, 0.717) is 11.7 Å². The quantitative estimate of drug-likeness (QED) is 0.780. The van der Waals surface area contributed by atoms with Crippen LogP contribution in [0.3, 0.4) is 0 Å². The van der Waals surface area contributed by atoms with Gasteiger partial charge in [-0.15, -0.1) is 0 Å². The molecule has 1 aromatic heterocycles. The molecule has 5 heteroatoms. The van der Waals surface area contributed by atoms with Gasteiger partial charge in [-0.25, -0.2) is 9.97 Å². The Morgan fingerprint density at radius 2 is 2.29 bits per heavy atom. The zero-order chi connectivity index (χ0) is 10.6. The molecule has 1 atom stereocenters. The summed E-state index contributed by atoms with van der Waals surface area (Å²) in [4.78, 5) is 7.95. The molecule has 78 valence electrons. The van der Waals surface area contributed by atoms with Crippen LogP contribution in [0.1, 0.15) is 12.5 Å². The molecule has 0 aliphatic carbocycles. The van der Waals surface area contributed by atoms with E-state index in [4.69, 9.17) is 16.3 Å². The molecule has 0 amide bonds. The van der Waals surface area contributed by atoms with Crippen molar-refractivity contribution in [3.8, 4) is 0 Å². The lowest BCUT2D eigenvalue weighted by molar-refractivity contribution is 0.128. The number of methoxy groups -OCH3 is 1. The maximum absolute atomic E-state index is 5.84. The topological polar surface area (TPSA) is 47.0 Å². The third kappa shape index (κ3) is 2.82. The summed E-state index contributed by atoms with van der Waals surface area (Å²) in [7, 11) is 1.67. The molecular formula is C9H14ClN3O. The number of nitrogens with one attached hydrogen (secondary N) is 1. The molecule has 1 heterocycles. The molecule has 0 saturated carbocycles. The third-order valence-corrected chi connectivity index (χ3v) is 2.36. The summed E-state index contributed by atoms with van der Waals surface area (Å²) in [5.41, 5.74) is 0.859. The highest BCUT2D eigenvalue weighted by atomic mass is 35.5. The van der Waals surface area contributed by atoms with Gasteiger partial charge < -0.3 is 10.1 Å². The fourth-order valence-corrected chi connectivity index (χ4v) is 1.06. The summed E-state index contributed by atoms with van der Waals surface area (Å²) < 4.78 is 5.10. The Morgan fingerprint density at radius 3 is 2.93 bits per heavy atom. The van der Waals surface area contributed by atoms with Crippen LogP contribution < -0.4 is 5.32 Å². The van der Waals surface area contributed by atoms with E-state index in [-0.39, 0.29) is 6.10 Å². The predicted octanol–water partition coefficient (Wildman–Crippen LogP) is 1.89. The van der Waals surface area contributed by atoms with Crippen molar-refractivity contribution in [2.45, 2.75) is 20.0 Å². The maximum atomic E-state index is 5.84. The second-order valence-corrected chi connectivity index (χ2v) is 3.42. The number of ether oxygens (including phenoxy) is 1. The van der Waals surface area contributed by atoms with E-state index in [2.05, 4.69) is 15.3 Å². The molecule has 0 aromatic carbocycles. The van der Waals surface area contributed by atoms with Gasteiger partial charge in [-0.3, -0.25) is 0 Å². The first kappa shape index (κ1) is 11.2. The molecular weight excluding hydrogens is 202 g/mol. The van der Waals surface area contributed by atoms with Crippen molar-refractivity contribution >= 4 is 17.4 Å². The molecule has 0 aliphatic heterocycles. The van der Waals surface area contributed by atoms with Crippen LogP contribution in [0.5, 0.6) is 0 Å². The zero-order valence-corrected chi connectivity index (χ0v) is 9.30. The van der Waals surface area contributed by atoms with Crippen molar-refractivity contribution in [1.29, 1.82) is 0 Å². The van der Waals surface area contributed by atoms with Crippen molar-refractivity contribution in [2.75, 3.05) is 19.0 Å². The minimum absolute atomic E-state index is 0.142. The first-order valence-electron chi connectivity index (χ1n) is 4.39. The van der Waals surface area contributed by atoms with Gasteiger partial charge in [0.2, 0.25) is 0 Å². The average Bonchev–Trinajstić information content (AvgIpc) is 2.20. The van der Waals surface area contributed by atoms with E-state index in [1.165, 1.54) is 6.33 Å². The summed E-state index contributed by atoms with van der Waals surface area (Å²) >= 11 is 5.84. The highest BCUT2D eigenvalue weighted by molar-refractivity contribution is 6.30. The zero-order valence-electron chi connectivity index (χ0n) is 8.54. The van der Waals surface area contributed by atoms with E-state index in [1.807, 2.05) is 13.8 Å². The van der Waals surface area contributed by atoms with Crippen molar-refractivity contribution in [3.05, 3.63) is 17.0 Å². The molecule has 0 spiro atoms. The number of halogens is 1. The molecule has 1 N–H and O–H groups in total. The van der Waals surface area contributed by atoms with Gasteiger partial charge in [-0.1, -0.05) is 11.6 Å². The Hall–Kier alpha value is -0.870. The highest BCUT2D eigenvalue weighted by Crippen LogP contribution is 2.17. The van der Waals surface area contributed by atoms with Crippen LogP contribution in [0.15, 0.2) is 6.33 Å². The number of anilines is 1. The van der Waals surface area contributed by atoms with Crippen LogP contribution >= 0.6 is 11.6 Å². The fraction of sp³-hybridized carbons (Fsp3) is 0.556. The van der Waals surface area contributed by atoms with Crippen LogP contribution in [-0.4, -0.2) is 29.7 Å². The lowest BCUT2D eigenvalue weighted by Crippen LogP contribution is -2.19. The van der Waals surface area contributed by atoms with Crippen LogP contribution in [0, 0.1) is 6.92 Å². The summed E-state index contributed by atoms with van der Waals surface area (Å²) in [6.07, 6.45) is 1.58. The van der Waals surface area contributed by atoms with Gasteiger partial charge in [0.25, 0.3) is 0 Å². The molecule has 4 nitrogen and oxygen atoms in total. The standard InChI is InChI=1S/C9H14ClN3O/c1-6(14-3)4-11-9-7(2)8(10)12-5-13-9/h5-6H,4H2,1-3H3,(H,11,12,13). The number of nitrogens with zero attached hydrogens (tertiary/aromatic N) is 2. The van der Waals surface area contributed by atoms with Gasteiger partial charge in [0, 0.05) is 19.2 Å². The molecule has 1 rings (SSSR count). The number of hydrogen-bond acceptors (Lipinski definition) is 4. The molecule has 0 bridgehead atoms. The van der Waals surface area contributed by atoms with Crippen LogP contribution in [0.2, 0.25) is 5.15 Å². The summed E-state index contributed by atoms with van der Waals surface area (Å²) in [5.74, 6) is 0.758. The summed E-state index contributed by atoms with van der Waals surface area (Å²) in [5, 5.41) is 3.62. The SMILES string of the molecule is COC(C)CNc1ncnc(Cl)c1C. The van der Waals surface area contributed by atoms with Gasteiger partial charge in [-0.2, -0.15) is 0 Å². The Balaban J connectivity index is 2.63. The Morgan fingerprint density at radius 1 is 1.57 bits per heavy atom. The van der Waals surface area contributed by atoms with Crippen molar-refractivity contribution in [3.63, 3.8) is 0 Å². The van der Waals surface area contributed by atoms with Crippen LogP contribution in [0.25, 0.3) is 0 Å². The van der Waals surface area contributed by atoms with Gasteiger partial charge in [0.15, 0.2) is 0 Å². The van der Waals surface area contributed by atoms with E-state index in [9.17, 15) is 0 Å². The second kappa shape index (κ2) is 5.12. The molecule has 0 radical (unpaired) electrons. The smallest absolute Gasteiger partial charge is 0.137 e. The molecule has 1 unspecified atom stereocenters. The largest absolute Gasteiger partial charge is 0.380 e. The minimum atomic E-state index is 0.142. The summed E-state index contributed by atoms with van der Waals surface area (Å²) in [6, 6.07) is 0. The lowest BCUT2D eigenvalue weighted by Gasteiger charge is -2.12. The molecule has 0 fully saturated rings. The monoisotopic (exact) mass is 215 g/mol. The molecule has 14 heavy (non-hydrogen) atoms. The molecule has 0 saturated heterocycles. The van der Waals surface area contributed by atoms with Crippen LogP contribution in [0.4, 0.5) is 5.82 Å². The van der Waals surface area contributed by atoms with Crippen molar-refractivity contribution in [1.82, 2.24) is 9.97 Å². The van der Waals surface area contributed by atoms with Crippen molar-refractivity contribution < 1.29 is 4.74 Å². The summed E-state index contributed by atoms with van der Waals surface area (Å²) in [6.45, 7) is 4.55. The van der Waals surface area contributed by atoms with Crippen LogP contribution in [-0.2, 0) is 4.74 Å². The lowest BCUT2D eigenvalue weighted by atomic mass is 10.3. The van der Waals surface area contributed by atoms with Gasteiger partial charge in [0.1, 0.15) is 17.3 Å². The number of hydrogen-bond donors (Lipinski definition) is 1. The van der Waals surface area contributed by atoms with E-state index in [0.717, 1.165) is 11.4 Å². The van der Waals surface area contributed by atoms with Gasteiger partial charge in [-0.05, 0) is 13.8 Å². The maximum Gasteiger partial charge on any atom is 0.137 e. The van der Waals surface area contributed by atoms with E-state index >= 15 is 0 Å². The first-order valence-corrected chi connectivity index (χ1v) is 4.76. The second-order valence-electron chi connectivity index (χ2n) is 3.07. The Kier molecular flexibility index (Phi) is 4.10. The minimum Gasteiger partial charge on any atom is -0.380 e. The average molecular weight is 216 g/mol. The fourth-order valence-electron chi connectivity index (χ4n) is 0.931. The molecule has 1 aromatic rings. The number of rotatable bonds is 4.